The van der Waals surface area contributed by atoms with Crippen LogP contribution in [0.5, 0.6) is 0 Å². The third-order valence-corrected chi connectivity index (χ3v) is 3.34. The molecule has 0 amide bonds. The molecule has 82 valence electrons. The van der Waals surface area contributed by atoms with Crippen molar-refractivity contribution in [3.63, 3.8) is 0 Å². The third kappa shape index (κ3) is 3.39. The fraction of sp³-hybridized carbons (Fsp3) is 0.636. The molecule has 0 bridgehead atoms. The van der Waals surface area contributed by atoms with Gasteiger partial charge in [0.05, 0.1) is 17.5 Å². The van der Waals surface area contributed by atoms with E-state index in [1.165, 1.54) is 6.42 Å². The molecule has 1 aromatic rings. The Morgan fingerprint density at radius 1 is 1.60 bits per heavy atom. The summed E-state index contributed by atoms with van der Waals surface area (Å²) in [5.41, 5.74) is 0. The van der Waals surface area contributed by atoms with Crippen molar-refractivity contribution >= 4 is 17.1 Å². The molecule has 1 aromatic heterocycles. The van der Waals surface area contributed by atoms with Crippen molar-refractivity contribution in [2.24, 2.45) is 0 Å². The van der Waals surface area contributed by atoms with Crippen LogP contribution in [0, 0.1) is 0 Å². The Morgan fingerprint density at radius 3 is 3.20 bits per heavy atom. The number of thiazole rings is 1. The Morgan fingerprint density at radius 2 is 2.53 bits per heavy atom. The van der Waals surface area contributed by atoms with E-state index in [1.807, 2.05) is 5.38 Å². The number of Topliss-reactive ketones (excluding diaryl/α,β-unsaturated/α-hetero) is 1. The lowest BCUT2D eigenvalue weighted by molar-refractivity contribution is -0.122. The SMILES string of the molecule is O=C(Cc1nccs1)CC1CCCCO1. The zero-order chi connectivity index (χ0) is 10.5. The van der Waals surface area contributed by atoms with Gasteiger partial charge in [0, 0.05) is 24.6 Å². The maximum absolute atomic E-state index is 11.7. The molecule has 4 heteroatoms. The largest absolute Gasteiger partial charge is 0.378 e. The lowest BCUT2D eigenvalue weighted by Crippen LogP contribution is -2.23. The summed E-state index contributed by atoms with van der Waals surface area (Å²) in [5, 5.41) is 2.82. The Bertz CT molecular complexity index is 304. The van der Waals surface area contributed by atoms with Gasteiger partial charge in [-0.05, 0) is 19.3 Å². The minimum absolute atomic E-state index is 0.159. The normalized spacial score (nSPS) is 21.5. The van der Waals surface area contributed by atoms with Crippen LogP contribution in [0.2, 0.25) is 0 Å². The summed E-state index contributed by atoms with van der Waals surface area (Å²) in [6.45, 7) is 0.815. The molecule has 1 aliphatic rings. The Kier molecular flexibility index (Phi) is 3.86. The van der Waals surface area contributed by atoms with Crippen LogP contribution in [0.25, 0.3) is 0 Å². The smallest absolute Gasteiger partial charge is 0.142 e. The molecule has 0 spiro atoms. The first-order valence-electron chi connectivity index (χ1n) is 5.36. The van der Waals surface area contributed by atoms with Crippen molar-refractivity contribution < 1.29 is 9.53 Å². The molecule has 0 N–H and O–H groups in total. The molecule has 2 heterocycles. The molecule has 1 aliphatic heterocycles. The quantitative estimate of drug-likeness (QED) is 0.788. The number of ketones is 1. The van der Waals surface area contributed by atoms with E-state index in [4.69, 9.17) is 4.74 Å². The standard InChI is InChI=1S/C11H15NO2S/c13-9(8-11-12-4-6-15-11)7-10-3-1-2-5-14-10/h4,6,10H,1-3,5,7-8H2. The number of carbonyl (C=O) groups excluding carboxylic acids is 1. The van der Waals surface area contributed by atoms with E-state index in [-0.39, 0.29) is 11.9 Å². The van der Waals surface area contributed by atoms with Crippen LogP contribution >= 0.6 is 11.3 Å². The molecule has 1 fully saturated rings. The number of hydrogen-bond donors (Lipinski definition) is 0. The topological polar surface area (TPSA) is 39.2 Å². The van der Waals surface area contributed by atoms with Gasteiger partial charge < -0.3 is 4.74 Å². The van der Waals surface area contributed by atoms with Crippen molar-refractivity contribution in [3.05, 3.63) is 16.6 Å². The van der Waals surface area contributed by atoms with Crippen LogP contribution in [0.4, 0.5) is 0 Å². The van der Waals surface area contributed by atoms with Crippen molar-refractivity contribution in [2.75, 3.05) is 6.61 Å². The predicted molar refractivity (Wildman–Crippen MR) is 59.0 cm³/mol. The first-order valence-corrected chi connectivity index (χ1v) is 6.24. The van der Waals surface area contributed by atoms with Gasteiger partial charge in [-0.3, -0.25) is 4.79 Å². The molecule has 0 aliphatic carbocycles. The highest BCUT2D eigenvalue weighted by molar-refractivity contribution is 7.09. The number of hydrogen-bond acceptors (Lipinski definition) is 4. The summed E-state index contributed by atoms with van der Waals surface area (Å²) >= 11 is 1.54. The summed E-state index contributed by atoms with van der Waals surface area (Å²) < 4.78 is 5.53. The van der Waals surface area contributed by atoms with Crippen molar-refractivity contribution in [1.29, 1.82) is 0 Å². The van der Waals surface area contributed by atoms with Gasteiger partial charge in [-0.15, -0.1) is 11.3 Å². The van der Waals surface area contributed by atoms with Gasteiger partial charge in [0.1, 0.15) is 5.78 Å². The number of rotatable bonds is 4. The van der Waals surface area contributed by atoms with Gasteiger partial charge in [-0.2, -0.15) is 0 Å². The first kappa shape index (κ1) is 10.8. The Hall–Kier alpha value is -0.740. The molecule has 0 aromatic carbocycles. The van der Waals surface area contributed by atoms with E-state index in [2.05, 4.69) is 4.98 Å². The lowest BCUT2D eigenvalue weighted by Gasteiger charge is -2.21. The van der Waals surface area contributed by atoms with Gasteiger partial charge >= 0.3 is 0 Å². The van der Waals surface area contributed by atoms with E-state index in [9.17, 15) is 4.79 Å². The molecule has 1 unspecified atom stereocenters. The molecule has 2 rings (SSSR count). The lowest BCUT2D eigenvalue weighted by atomic mass is 10.0. The third-order valence-electron chi connectivity index (χ3n) is 2.56. The average molecular weight is 225 g/mol. The first-order chi connectivity index (χ1) is 7.34. The Labute approximate surface area is 93.5 Å². The zero-order valence-corrected chi connectivity index (χ0v) is 9.46. The number of ether oxygens (including phenoxy) is 1. The minimum Gasteiger partial charge on any atom is -0.378 e. The fourth-order valence-corrected chi connectivity index (χ4v) is 2.45. The maximum Gasteiger partial charge on any atom is 0.142 e. The van der Waals surface area contributed by atoms with E-state index in [1.54, 1.807) is 17.5 Å². The molecule has 0 radical (unpaired) electrons. The van der Waals surface area contributed by atoms with Crippen molar-refractivity contribution in [3.8, 4) is 0 Å². The second-order valence-electron chi connectivity index (χ2n) is 3.83. The predicted octanol–water partition coefficient (Wildman–Crippen LogP) is 2.21. The summed E-state index contributed by atoms with van der Waals surface area (Å²) in [7, 11) is 0. The molecular weight excluding hydrogens is 210 g/mol. The van der Waals surface area contributed by atoms with Gasteiger partial charge in [0.25, 0.3) is 0 Å². The average Bonchev–Trinajstić information content (AvgIpc) is 2.71. The van der Waals surface area contributed by atoms with Crippen molar-refractivity contribution in [2.45, 2.75) is 38.2 Å². The van der Waals surface area contributed by atoms with Crippen LogP contribution in [-0.2, 0) is 16.0 Å². The van der Waals surface area contributed by atoms with E-state index >= 15 is 0 Å². The summed E-state index contributed by atoms with van der Waals surface area (Å²) in [5.74, 6) is 0.247. The van der Waals surface area contributed by atoms with Crippen LogP contribution < -0.4 is 0 Å². The van der Waals surface area contributed by atoms with Gasteiger partial charge in [0.2, 0.25) is 0 Å². The highest BCUT2D eigenvalue weighted by Gasteiger charge is 2.18. The molecule has 0 saturated carbocycles. The number of carbonyl (C=O) groups is 1. The van der Waals surface area contributed by atoms with Crippen LogP contribution in [0.1, 0.15) is 30.7 Å². The van der Waals surface area contributed by atoms with Crippen LogP contribution in [0.3, 0.4) is 0 Å². The minimum atomic E-state index is 0.159. The maximum atomic E-state index is 11.7. The fourth-order valence-electron chi connectivity index (χ4n) is 1.80. The second-order valence-corrected chi connectivity index (χ2v) is 4.81. The molecule has 3 nitrogen and oxygen atoms in total. The van der Waals surface area contributed by atoms with E-state index < -0.39 is 0 Å². The van der Waals surface area contributed by atoms with Crippen LogP contribution in [-0.4, -0.2) is 23.5 Å². The van der Waals surface area contributed by atoms with Crippen molar-refractivity contribution in [1.82, 2.24) is 4.98 Å². The summed E-state index contributed by atoms with van der Waals surface area (Å²) in [6.07, 6.45) is 6.28. The number of nitrogens with zero attached hydrogens (tertiary/aromatic N) is 1. The van der Waals surface area contributed by atoms with Crippen LogP contribution in [0.15, 0.2) is 11.6 Å². The van der Waals surface area contributed by atoms with E-state index in [0.717, 1.165) is 24.5 Å². The monoisotopic (exact) mass is 225 g/mol. The summed E-state index contributed by atoms with van der Waals surface area (Å²) in [4.78, 5) is 15.8. The molecule has 1 saturated heterocycles. The molecule has 15 heavy (non-hydrogen) atoms. The van der Waals surface area contributed by atoms with Gasteiger partial charge in [-0.1, -0.05) is 0 Å². The van der Waals surface area contributed by atoms with E-state index in [0.29, 0.717) is 12.8 Å². The summed E-state index contributed by atoms with van der Waals surface area (Å²) in [6, 6.07) is 0. The van der Waals surface area contributed by atoms with Gasteiger partial charge in [0.15, 0.2) is 0 Å². The Balaban J connectivity index is 1.76. The second kappa shape index (κ2) is 5.37. The highest BCUT2D eigenvalue weighted by Crippen LogP contribution is 2.17. The zero-order valence-electron chi connectivity index (χ0n) is 8.65. The highest BCUT2D eigenvalue weighted by atomic mass is 32.1. The molecule has 1 atom stereocenters. The number of aromatic nitrogens is 1. The molecular formula is C11H15NO2S. The van der Waals surface area contributed by atoms with Gasteiger partial charge in [-0.25, -0.2) is 4.98 Å².